The summed E-state index contributed by atoms with van der Waals surface area (Å²) in [7, 11) is 0. The van der Waals surface area contributed by atoms with Gasteiger partial charge in [0.25, 0.3) is 0 Å². The van der Waals surface area contributed by atoms with Crippen LogP contribution in [0.15, 0.2) is 9.98 Å². The Kier molecular flexibility index (Phi) is 5.69. The molecule has 0 N–H and O–H groups in total. The van der Waals surface area contributed by atoms with Crippen LogP contribution in [0.1, 0.15) is 39.0 Å². The Balaban J connectivity index is 2.56. The Morgan fingerprint density at radius 3 is 2.69 bits per heavy atom. The van der Waals surface area contributed by atoms with Gasteiger partial charge in [-0.1, -0.05) is 13.3 Å². The van der Waals surface area contributed by atoms with Crippen LogP contribution in [0, 0.1) is 11.8 Å². The Morgan fingerprint density at radius 1 is 1.25 bits per heavy atom. The van der Waals surface area contributed by atoms with Gasteiger partial charge in [0.05, 0.1) is 12.6 Å². The number of hydrogen-bond donors (Lipinski definition) is 0. The zero-order valence-electron chi connectivity index (χ0n) is 9.69. The van der Waals surface area contributed by atoms with E-state index in [0.717, 1.165) is 32.1 Å². The molecule has 0 amide bonds. The van der Waals surface area contributed by atoms with E-state index >= 15 is 0 Å². The SMILES string of the molecule is CCCC1CCC(CN=C=O)CC1N=C=O. The summed E-state index contributed by atoms with van der Waals surface area (Å²) in [5.41, 5.74) is 0. The predicted octanol–water partition coefficient (Wildman–Crippen LogP) is 2.24. The molecule has 3 unspecified atom stereocenters. The van der Waals surface area contributed by atoms with Crippen molar-refractivity contribution in [2.45, 2.75) is 45.1 Å². The van der Waals surface area contributed by atoms with Gasteiger partial charge in [0, 0.05) is 0 Å². The van der Waals surface area contributed by atoms with E-state index in [4.69, 9.17) is 0 Å². The third-order valence-electron chi connectivity index (χ3n) is 3.36. The Morgan fingerprint density at radius 2 is 2.06 bits per heavy atom. The fraction of sp³-hybridized carbons (Fsp3) is 0.833. The highest BCUT2D eigenvalue weighted by atomic mass is 16.1. The second kappa shape index (κ2) is 7.10. The van der Waals surface area contributed by atoms with Crippen LogP contribution in [-0.2, 0) is 9.59 Å². The minimum atomic E-state index is 0.0815. The van der Waals surface area contributed by atoms with Gasteiger partial charge < -0.3 is 0 Å². The van der Waals surface area contributed by atoms with Crippen molar-refractivity contribution in [3.8, 4) is 0 Å². The predicted molar refractivity (Wildman–Crippen MR) is 60.6 cm³/mol. The summed E-state index contributed by atoms with van der Waals surface area (Å²) >= 11 is 0. The van der Waals surface area contributed by atoms with Crippen molar-refractivity contribution >= 4 is 12.2 Å². The minimum absolute atomic E-state index is 0.0815. The van der Waals surface area contributed by atoms with Crippen molar-refractivity contribution in [3.05, 3.63) is 0 Å². The van der Waals surface area contributed by atoms with Crippen LogP contribution < -0.4 is 0 Å². The van der Waals surface area contributed by atoms with Crippen LogP contribution in [-0.4, -0.2) is 24.7 Å². The van der Waals surface area contributed by atoms with Gasteiger partial charge in [-0.05, 0) is 37.5 Å². The molecule has 1 aliphatic rings. The van der Waals surface area contributed by atoms with Gasteiger partial charge >= 0.3 is 0 Å². The van der Waals surface area contributed by atoms with Crippen LogP contribution in [0.4, 0.5) is 0 Å². The summed E-state index contributed by atoms with van der Waals surface area (Å²) in [5.74, 6) is 0.875. The van der Waals surface area contributed by atoms with Crippen LogP contribution in [0.3, 0.4) is 0 Å². The largest absolute Gasteiger partial charge is 0.235 e. The summed E-state index contributed by atoms with van der Waals surface area (Å²) in [4.78, 5) is 27.9. The van der Waals surface area contributed by atoms with Gasteiger partial charge in [-0.2, -0.15) is 0 Å². The first-order valence-corrected chi connectivity index (χ1v) is 5.92. The third kappa shape index (κ3) is 3.73. The van der Waals surface area contributed by atoms with Gasteiger partial charge in [0.15, 0.2) is 0 Å². The van der Waals surface area contributed by atoms with Gasteiger partial charge in [-0.15, -0.1) is 0 Å². The zero-order valence-corrected chi connectivity index (χ0v) is 9.69. The van der Waals surface area contributed by atoms with E-state index in [9.17, 15) is 9.59 Å². The van der Waals surface area contributed by atoms with E-state index in [0.29, 0.717) is 18.4 Å². The molecule has 0 aromatic rings. The molecule has 0 heterocycles. The summed E-state index contributed by atoms with van der Waals surface area (Å²) in [5, 5.41) is 0. The van der Waals surface area contributed by atoms with Crippen LogP contribution in [0.5, 0.6) is 0 Å². The van der Waals surface area contributed by atoms with E-state index in [1.165, 1.54) is 0 Å². The highest BCUT2D eigenvalue weighted by Gasteiger charge is 2.29. The summed E-state index contributed by atoms with van der Waals surface area (Å²) < 4.78 is 0. The molecule has 1 rings (SSSR count). The molecule has 0 aromatic carbocycles. The molecular formula is C12H18N2O2. The second-order valence-electron chi connectivity index (χ2n) is 4.45. The van der Waals surface area contributed by atoms with Crippen molar-refractivity contribution in [3.63, 3.8) is 0 Å². The van der Waals surface area contributed by atoms with Gasteiger partial charge in [-0.25, -0.2) is 19.6 Å². The molecule has 4 nitrogen and oxygen atoms in total. The summed E-state index contributed by atoms with van der Waals surface area (Å²) in [6.45, 7) is 2.66. The Bertz CT molecular complexity index is 304. The highest BCUT2D eigenvalue weighted by Crippen LogP contribution is 2.33. The third-order valence-corrected chi connectivity index (χ3v) is 3.36. The average Bonchev–Trinajstić information content (AvgIpc) is 2.30. The molecule has 0 saturated heterocycles. The number of isocyanates is 2. The molecule has 0 bridgehead atoms. The molecule has 88 valence electrons. The lowest BCUT2D eigenvalue weighted by Crippen LogP contribution is -2.29. The lowest BCUT2D eigenvalue weighted by molar-refractivity contribution is 0.231. The number of nitrogens with zero attached hydrogens (tertiary/aromatic N) is 2. The average molecular weight is 222 g/mol. The lowest BCUT2D eigenvalue weighted by Gasteiger charge is -2.32. The maximum absolute atomic E-state index is 10.4. The molecule has 1 saturated carbocycles. The number of aliphatic imine (C=N–C) groups is 2. The number of rotatable bonds is 5. The molecule has 0 spiro atoms. The van der Waals surface area contributed by atoms with E-state index in [-0.39, 0.29) is 6.04 Å². The molecule has 0 aliphatic heterocycles. The Labute approximate surface area is 95.9 Å². The molecule has 0 aromatic heterocycles. The highest BCUT2D eigenvalue weighted by molar-refractivity contribution is 5.34. The van der Waals surface area contributed by atoms with E-state index in [1.54, 1.807) is 12.2 Å². The molecule has 0 radical (unpaired) electrons. The van der Waals surface area contributed by atoms with E-state index in [1.807, 2.05) is 0 Å². The van der Waals surface area contributed by atoms with E-state index < -0.39 is 0 Å². The van der Waals surface area contributed by atoms with Crippen molar-refractivity contribution in [2.75, 3.05) is 6.54 Å². The van der Waals surface area contributed by atoms with Crippen LogP contribution >= 0.6 is 0 Å². The van der Waals surface area contributed by atoms with Crippen molar-refractivity contribution in [2.24, 2.45) is 21.8 Å². The quantitative estimate of drug-likeness (QED) is 0.529. The molecule has 4 heteroatoms. The first kappa shape index (κ1) is 12.8. The monoisotopic (exact) mass is 222 g/mol. The van der Waals surface area contributed by atoms with Crippen LogP contribution in [0.2, 0.25) is 0 Å². The maximum Gasteiger partial charge on any atom is 0.235 e. The summed E-state index contributed by atoms with van der Waals surface area (Å²) in [6.07, 6.45) is 8.46. The molecule has 1 aliphatic carbocycles. The fourth-order valence-corrected chi connectivity index (χ4v) is 2.56. The van der Waals surface area contributed by atoms with Crippen molar-refractivity contribution in [1.82, 2.24) is 0 Å². The second-order valence-corrected chi connectivity index (χ2v) is 4.45. The van der Waals surface area contributed by atoms with E-state index in [2.05, 4.69) is 16.9 Å². The number of carbonyl (C=O) groups excluding carboxylic acids is 2. The topological polar surface area (TPSA) is 58.9 Å². The lowest BCUT2D eigenvalue weighted by atomic mass is 9.76. The van der Waals surface area contributed by atoms with Crippen LogP contribution in [0.25, 0.3) is 0 Å². The standard InChI is InChI=1S/C12H18N2O2/c1-2-3-11-5-4-10(7-13-8-15)6-12(11)14-9-16/h10-12H,2-7H2,1H3. The Hall–Kier alpha value is -1.24. The fourth-order valence-electron chi connectivity index (χ4n) is 2.56. The molecular weight excluding hydrogens is 204 g/mol. The first-order chi connectivity index (χ1) is 7.81. The molecule has 3 atom stereocenters. The normalized spacial score (nSPS) is 28.9. The first-order valence-electron chi connectivity index (χ1n) is 5.92. The summed E-state index contributed by atoms with van der Waals surface area (Å²) in [6, 6.07) is 0.0815. The van der Waals surface area contributed by atoms with Gasteiger partial charge in [0.1, 0.15) is 0 Å². The smallest absolute Gasteiger partial charge is 0.211 e. The van der Waals surface area contributed by atoms with Gasteiger partial charge in [-0.3, -0.25) is 0 Å². The maximum atomic E-state index is 10.4. The number of hydrogen-bond acceptors (Lipinski definition) is 4. The minimum Gasteiger partial charge on any atom is -0.211 e. The van der Waals surface area contributed by atoms with Gasteiger partial charge in [0.2, 0.25) is 12.2 Å². The molecule has 1 fully saturated rings. The van der Waals surface area contributed by atoms with Crippen molar-refractivity contribution in [1.29, 1.82) is 0 Å². The zero-order chi connectivity index (χ0) is 11.8. The van der Waals surface area contributed by atoms with Crippen molar-refractivity contribution < 1.29 is 9.59 Å². The molecule has 16 heavy (non-hydrogen) atoms.